The van der Waals surface area contributed by atoms with Crippen molar-refractivity contribution < 1.29 is 9.18 Å². The molecule has 2 aromatic rings. The number of carbonyl (C=O) groups excluding carboxylic acids is 1. The van der Waals surface area contributed by atoms with Crippen molar-refractivity contribution in [1.82, 2.24) is 9.97 Å². The van der Waals surface area contributed by atoms with E-state index in [-0.39, 0.29) is 17.6 Å². The summed E-state index contributed by atoms with van der Waals surface area (Å²) in [5, 5.41) is 3.19. The number of nitrogens with two attached hydrogens (primary N) is 1. The molecule has 2 heterocycles. The zero-order valence-corrected chi connectivity index (χ0v) is 14.9. The number of nitrogens with zero attached hydrogens (tertiary/aromatic N) is 4. The number of anilines is 3. The van der Waals surface area contributed by atoms with E-state index in [1.54, 1.807) is 18.2 Å². The van der Waals surface area contributed by atoms with Crippen molar-refractivity contribution >= 4 is 23.4 Å². The monoisotopic (exact) mass is 358 g/mol. The molecule has 1 saturated heterocycles. The maximum atomic E-state index is 13.1. The van der Waals surface area contributed by atoms with E-state index in [1.165, 1.54) is 12.1 Å². The highest BCUT2D eigenvalue weighted by molar-refractivity contribution is 5.91. The molecule has 0 aliphatic carbocycles. The molecule has 1 fully saturated rings. The lowest BCUT2D eigenvalue weighted by Crippen LogP contribution is -2.47. The van der Waals surface area contributed by atoms with E-state index >= 15 is 0 Å². The lowest BCUT2D eigenvalue weighted by molar-refractivity contribution is 0.0995. The van der Waals surface area contributed by atoms with Gasteiger partial charge in [-0.25, -0.2) is 9.37 Å². The molecule has 0 bridgehead atoms. The quantitative estimate of drug-likeness (QED) is 0.848. The summed E-state index contributed by atoms with van der Waals surface area (Å²) < 4.78 is 13.1. The predicted molar refractivity (Wildman–Crippen MR) is 100 cm³/mol. The first-order valence-corrected chi connectivity index (χ1v) is 8.63. The fourth-order valence-corrected chi connectivity index (χ4v) is 2.89. The number of primary amides is 1. The van der Waals surface area contributed by atoms with E-state index in [4.69, 9.17) is 5.73 Å². The smallest absolute Gasteiger partial charge is 0.267 e. The molecule has 0 spiro atoms. The van der Waals surface area contributed by atoms with E-state index < -0.39 is 5.91 Å². The first kappa shape index (κ1) is 17.9. The fraction of sp³-hybridized carbons (Fsp3) is 0.389. The number of hydrogen-bond donors (Lipinski definition) is 2. The second kappa shape index (κ2) is 7.55. The van der Waals surface area contributed by atoms with Crippen molar-refractivity contribution in [2.45, 2.75) is 19.9 Å². The van der Waals surface area contributed by atoms with Gasteiger partial charge in [0, 0.05) is 44.0 Å². The van der Waals surface area contributed by atoms with Gasteiger partial charge in [0.15, 0.2) is 0 Å². The molecule has 8 heteroatoms. The highest BCUT2D eigenvalue weighted by atomic mass is 19.1. The van der Waals surface area contributed by atoms with Gasteiger partial charge in [-0.3, -0.25) is 4.79 Å². The van der Waals surface area contributed by atoms with Crippen LogP contribution in [0, 0.1) is 5.82 Å². The molecular weight excluding hydrogens is 335 g/mol. The fourth-order valence-electron chi connectivity index (χ4n) is 2.89. The van der Waals surface area contributed by atoms with Gasteiger partial charge in [0.1, 0.15) is 17.3 Å². The summed E-state index contributed by atoms with van der Waals surface area (Å²) in [7, 11) is 0. The Hall–Kier alpha value is -2.90. The van der Waals surface area contributed by atoms with E-state index in [0.717, 1.165) is 18.8 Å². The van der Waals surface area contributed by atoms with Crippen LogP contribution >= 0.6 is 0 Å². The third-order valence-corrected chi connectivity index (χ3v) is 4.16. The summed E-state index contributed by atoms with van der Waals surface area (Å²) in [5.74, 6) is 0.252. The van der Waals surface area contributed by atoms with E-state index in [1.807, 2.05) is 18.7 Å². The minimum Gasteiger partial charge on any atom is -0.368 e. The molecule has 1 aromatic heterocycles. The van der Waals surface area contributed by atoms with Crippen LogP contribution in [0.15, 0.2) is 30.3 Å². The molecule has 1 aliphatic heterocycles. The second-order valence-corrected chi connectivity index (χ2v) is 6.55. The molecule has 0 atom stereocenters. The lowest BCUT2D eigenvalue weighted by Gasteiger charge is -2.36. The largest absolute Gasteiger partial charge is 0.368 e. The van der Waals surface area contributed by atoms with E-state index in [0.29, 0.717) is 24.9 Å². The van der Waals surface area contributed by atoms with Gasteiger partial charge in [-0.2, -0.15) is 4.98 Å². The third kappa shape index (κ3) is 4.19. The number of benzene rings is 1. The van der Waals surface area contributed by atoms with E-state index in [9.17, 15) is 9.18 Å². The van der Waals surface area contributed by atoms with Crippen LogP contribution in [0.25, 0.3) is 0 Å². The molecule has 7 nitrogen and oxygen atoms in total. The zero-order chi connectivity index (χ0) is 18.7. The number of piperazine rings is 1. The predicted octanol–water partition coefficient (Wildman–Crippen LogP) is 1.86. The Bertz CT molecular complexity index is 772. The minimum atomic E-state index is -0.578. The summed E-state index contributed by atoms with van der Waals surface area (Å²) in [6, 6.07) is 8.23. The van der Waals surface area contributed by atoms with Gasteiger partial charge in [-0.1, -0.05) is 0 Å². The standard InChI is InChI=1S/C18H23FN6O/c1-12(2)21-16-11-15(17(20)26)22-18(23-16)25-9-7-24(8-10-25)14-5-3-13(19)4-6-14/h3-6,11-12H,7-10H2,1-2H3,(H2,20,26)(H,21,22,23). The van der Waals surface area contributed by atoms with Crippen LogP contribution in [0.2, 0.25) is 0 Å². The van der Waals surface area contributed by atoms with Crippen LogP contribution in [0.5, 0.6) is 0 Å². The molecule has 1 aromatic carbocycles. The number of aromatic nitrogens is 2. The zero-order valence-electron chi connectivity index (χ0n) is 14.9. The van der Waals surface area contributed by atoms with Crippen molar-refractivity contribution in [3.05, 3.63) is 41.8 Å². The average molecular weight is 358 g/mol. The van der Waals surface area contributed by atoms with Gasteiger partial charge >= 0.3 is 0 Å². The Labute approximate surface area is 152 Å². The number of hydrogen-bond acceptors (Lipinski definition) is 6. The number of halogens is 1. The van der Waals surface area contributed by atoms with Gasteiger partial charge in [0.25, 0.3) is 5.91 Å². The Morgan fingerprint density at radius 2 is 1.73 bits per heavy atom. The molecule has 138 valence electrons. The molecule has 1 amide bonds. The molecule has 0 unspecified atom stereocenters. The summed E-state index contributed by atoms with van der Waals surface area (Å²) in [6.07, 6.45) is 0. The Kier molecular flexibility index (Phi) is 5.20. The summed E-state index contributed by atoms with van der Waals surface area (Å²) >= 11 is 0. The highest BCUT2D eigenvalue weighted by Gasteiger charge is 2.21. The molecule has 3 N–H and O–H groups in total. The maximum absolute atomic E-state index is 13.1. The van der Waals surface area contributed by atoms with Gasteiger partial charge in [0.2, 0.25) is 5.95 Å². The first-order valence-electron chi connectivity index (χ1n) is 8.63. The summed E-state index contributed by atoms with van der Waals surface area (Å²) in [4.78, 5) is 24.6. The third-order valence-electron chi connectivity index (χ3n) is 4.16. The average Bonchev–Trinajstić information content (AvgIpc) is 2.61. The van der Waals surface area contributed by atoms with Crippen molar-refractivity contribution in [1.29, 1.82) is 0 Å². The molecule has 3 rings (SSSR count). The van der Waals surface area contributed by atoms with Crippen molar-refractivity contribution in [2.75, 3.05) is 41.3 Å². The molecule has 0 radical (unpaired) electrons. The van der Waals surface area contributed by atoms with Crippen LogP contribution in [-0.2, 0) is 0 Å². The Balaban J connectivity index is 1.74. The van der Waals surface area contributed by atoms with E-state index in [2.05, 4.69) is 20.2 Å². The topological polar surface area (TPSA) is 87.4 Å². The Morgan fingerprint density at radius 3 is 2.31 bits per heavy atom. The SMILES string of the molecule is CC(C)Nc1cc(C(N)=O)nc(N2CCN(c3ccc(F)cc3)CC2)n1. The first-order chi connectivity index (χ1) is 12.4. The van der Waals surface area contributed by atoms with Gasteiger partial charge in [-0.15, -0.1) is 0 Å². The lowest BCUT2D eigenvalue weighted by atomic mass is 10.2. The second-order valence-electron chi connectivity index (χ2n) is 6.55. The summed E-state index contributed by atoms with van der Waals surface area (Å²) in [5.41, 5.74) is 6.59. The normalized spacial score (nSPS) is 14.6. The van der Waals surface area contributed by atoms with Crippen LogP contribution in [0.1, 0.15) is 24.3 Å². The van der Waals surface area contributed by atoms with Crippen molar-refractivity contribution in [2.24, 2.45) is 5.73 Å². The van der Waals surface area contributed by atoms with Crippen molar-refractivity contribution in [3.63, 3.8) is 0 Å². The van der Waals surface area contributed by atoms with Gasteiger partial charge < -0.3 is 20.9 Å². The van der Waals surface area contributed by atoms with Crippen LogP contribution in [0.3, 0.4) is 0 Å². The van der Waals surface area contributed by atoms with Gasteiger partial charge in [-0.05, 0) is 38.1 Å². The van der Waals surface area contributed by atoms with Gasteiger partial charge in [0.05, 0.1) is 0 Å². The van der Waals surface area contributed by atoms with Crippen LogP contribution in [-0.4, -0.2) is 48.1 Å². The van der Waals surface area contributed by atoms with Crippen LogP contribution < -0.4 is 20.9 Å². The Morgan fingerprint density at radius 1 is 1.12 bits per heavy atom. The number of carbonyl (C=O) groups is 1. The van der Waals surface area contributed by atoms with Crippen molar-refractivity contribution in [3.8, 4) is 0 Å². The molecular formula is C18H23FN6O. The number of amides is 1. The number of nitrogens with one attached hydrogen (secondary N) is 1. The number of rotatable bonds is 5. The van der Waals surface area contributed by atoms with Crippen LogP contribution in [0.4, 0.5) is 21.8 Å². The molecule has 26 heavy (non-hydrogen) atoms. The highest BCUT2D eigenvalue weighted by Crippen LogP contribution is 2.20. The summed E-state index contributed by atoms with van der Waals surface area (Å²) in [6.45, 7) is 6.88. The molecule has 1 aliphatic rings. The minimum absolute atomic E-state index is 0.175. The molecule has 0 saturated carbocycles. The maximum Gasteiger partial charge on any atom is 0.267 e.